The maximum Gasteiger partial charge on any atom is 0.206 e. The third-order valence-corrected chi connectivity index (χ3v) is 8.29. The SMILES string of the molecule is O=S(=O)(c1ccc(Oc2ccc(S(=O)(=O)c3cccc(O)c3)cc2)cc1)c1cccc(O)c1. The van der Waals surface area contributed by atoms with Gasteiger partial charge in [0.2, 0.25) is 19.7 Å². The van der Waals surface area contributed by atoms with Crippen LogP contribution in [-0.4, -0.2) is 27.0 Å². The number of benzene rings is 4. The summed E-state index contributed by atoms with van der Waals surface area (Å²) in [5.41, 5.74) is 0. The average Bonchev–Trinajstić information content (AvgIpc) is 2.80. The van der Waals surface area contributed by atoms with E-state index in [9.17, 15) is 27.0 Å². The first-order valence-corrected chi connectivity index (χ1v) is 12.6. The average molecular weight is 483 g/mol. The number of rotatable bonds is 6. The van der Waals surface area contributed by atoms with Gasteiger partial charge < -0.3 is 14.9 Å². The highest BCUT2D eigenvalue weighted by molar-refractivity contribution is 7.91. The molecule has 9 heteroatoms. The molecule has 168 valence electrons. The number of sulfone groups is 2. The topological polar surface area (TPSA) is 118 Å². The van der Waals surface area contributed by atoms with Crippen LogP contribution in [0.3, 0.4) is 0 Å². The number of aromatic hydroxyl groups is 2. The number of phenols is 2. The summed E-state index contributed by atoms with van der Waals surface area (Å²) >= 11 is 0. The Bertz CT molecular complexity index is 1390. The molecule has 0 saturated heterocycles. The second kappa shape index (κ2) is 8.61. The van der Waals surface area contributed by atoms with Gasteiger partial charge in [0.05, 0.1) is 19.6 Å². The van der Waals surface area contributed by atoms with Gasteiger partial charge in [-0.1, -0.05) is 12.1 Å². The molecule has 33 heavy (non-hydrogen) atoms. The molecule has 0 atom stereocenters. The summed E-state index contributed by atoms with van der Waals surface area (Å²) < 4.78 is 56.5. The van der Waals surface area contributed by atoms with Crippen molar-refractivity contribution in [3.8, 4) is 23.0 Å². The van der Waals surface area contributed by atoms with Gasteiger partial charge in [0.25, 0.3) is 0 Å². The molecule has 4 aromatic rings. The minimum absolute atomic E-state index is 0.0281. The summed E-state index contributed by atoms with van der Waals surface area (Å²) in [5.74, 6) is 0.415. The first-order chi connectivity index (χ1) is 15.7. The molecule has 0 radical (unpaired) electrons. The fraction of sp³-hybridized carbons (Fsp3) is 0. The molecule has 0 fully saturated rings. The van der Waals surface area contributed by atoms with Crippen molar-refractivity contribution in [2.75, 3.05) is 0 Å². The van der Waals surface area contributed by atoms with Gasteiger partial charge in [-0.2, -0.15) is 0 Å². The third-order valence-electron chi connectivity index (χ3n) is 4.76. The fourth-order valence-corrected chi connectivity index (χ4v) is 5.68. The quantitative estimate of drug-likeness (QED) is 0.414. The molecular weight excluding hydrogens is 464 g/mol. The molecule has 0 aliphatic heterocycles. The molecule has 0 amide bonds. The van der Waals surface area contributed by atoms with Crippen molar-refractivity contribution in [3.63, 3.8) is 0 Å². The summed E-state index contributed by atoms with van der Waals surface area (Å²) in [7, 11) is -7.61. The Morgan fingerprint density at radius 1 is 0.485 bits per heavy atom. The molecule has 4 rings (SSSR count). The first-order valence-electron chi connectivity index (χ1n) is 9.62. The molecule has 0 aliphatic rings. The Labute approximate surface area is 191 Å². The normalized spacial score (nSPS) is 11.8. The zero-order valence-electron chi connectivity index (χ0n) is 17.0. The smallest absolute Gasteiger partial charge is 0.206 e. The van der Waals surface area contributed by atoms with Gasteiger partial charge in [-0.25, -0.2) is 16.8 Å². The van der Waals surface area contributed by atoms with Crippen LogP contribution in [0.4, 0.5) is 0 Å². The molecule has 0 unspecified atom stereocenters. The van der Waals surface area contributed by atoms with Crippen LogP contribution in [0.5, 0.6) is 23.0 Å². The van der Waals surface area contributed by atoms with Crippen molar-refractivity contribution < 1.29 is 31.8 Å². The Morgan fingerprint density at radius 3 is 1.18 bits per heavy atom. The Balaban J connectivity index is 1.52. The van der Waals surface area contributed by atoms with Gasteiger partial charge in [0, 0.05) is 0 Å². The molecule has 0 heterocycles. The van der Waals surface area contributed by atoms with E-state index in [4.69, 9.17) is 4.74 Å². The molecule has 0 saturated carbocycles. The highest BCUT2D eigenvalue weighted by Crippen LogP contribution is 2.29. The standard InChI is InChI=1S/C24H18O7S2/c25-17-3-1-5-23(15-17)32(27,28)21-11-7-19(8-12-21)31-20-9-13-22(14-10-20)33(29,30)24-6-2-4-18(26)16-24/h1-16,25-26H. The Hall–Kier alpha value is -3.82. The molecular formula is C24H18O7S2. The number of phenolic OH excluding ortho intramolecular Hbond substituents is 2. The van der Waals surface area contributed by atoms with Crippen LogP contribution in [0.15, 0.2) is 117 Å². The van der Waals surface area contributed by atoms with E-state index in [2.05, 4.69) is 0 Å². The molecule has 2 N–H and O–H groups in total. The fourth-order valence-electron chi connectivity index (χ4n) is 3.08. The maximum absolute atomic E-state index is 12.7. The van der Waals surface area contributed by atoms with Crippen molar-refractivity contribution >= 4 is 19.7 Å². The van der Waals surface area contributed by atoms with Gasteiger partial charge in [0.15, 0.2) is 0 Å². The van der Waals surface area contributed by atoms with E-state index < -0.39 is 19.7 Å². The molecule has 0 aliphatic carbocycles. The Morgan fingerprint density at radius 2 is 0.848 bits per heavy atom. The zero-order chi connectivity index (χ0) is 23.6. The van der Waals surface area contributed by atoms with Crippen molar-refractivity contribution in [1.29, 1.82) is 0 Å². The van der Waals surface area contributed by atoms with Gasteiger partial charge in [-0.05, 0) is 84.9 Å². The number of hydrogen-bond acceptors (Lipinski definition) is 7. The summed E-state index contributed by atoms with van der Waals surface area (Å²) in [6.07, 6.45) is 0. The molecule has 0 bridgehead atoms. The van der Waals surface area contributed by atoms with Crippen LogP contribution in [0.25, 0.3) is 0 Å². The van der Waals surface area contributed by atoms with Gasteiger partial charge >= 0.3 is 0 Å². The predicted octanol–water partition coefficient (Wildman–Crippen LogP) is 4.56. The summed E-state index contributed by atoms with van der Waals surface area (Å²) in [5, 5.41) is 19.1. The van der Waals surface area contributed by atoms with Crippen molar-refractivity contribution in [2.45, 2.75) is 19.6 Å². The van der Waals surface area contributed by atoms with Crippen LogP contribution in [0.1, 0.15) is 0 Å². The number of hydrogen-bond donors (Lipinski definition) is 2. The second-order valence-electron chi connectivity index (χ2n) is 7.05. The van der Waals surface area contributed by atoms with Crippen LogP contribution < -0.4 is 4.74 Å². The van der Waals surface area contributed by atoms with Crippen LogP contribution in [-0.2, 0) is 19.7 Å². The van der Waals surface area contributed by atoms with Crippen LogP contribution in [0.2, 0.25) is 0 Å². The van der Waals surface area contributed by atoms with Gasteiger partial charge in [-0.3, -0.25) is 0 Å². The van der Waals surface area contributed by atoms with Crippen molar-refractivity contribution in [2.24, 2.45) is 0 Å². The van der Waals surface area contributed by atoms with E-state index >= 15 is 0 Å². The second-order valence-corrected chi connectivity index (χ2v) is 10.9. The lowest BCUT2D eigenvalue weighted by atomic mass is 10.3. The molecule has 4 aromatic carbocycles. The summed E-state index contributed by atoms with van der Waals surface area (Å²) in [6.45, 7) is 0. The highest BCUT2D eigenvalue weighted by Gasteiger charge is 2.19. The monoisotopic (exact) mass is 482 g/mol. The predicted molar refractivity (Wildman–Crippen MR) is 120 cm³/mol. The highest BCUT2D eigenvalue weighted by atomic mass is 32.2. The van der Waals surface area contributed by atoms with E-state index in [0.29, 0.717) is 11.5 Å². The molecule has 7 nitrogen and oxygen atoms in total. The molecule has 0 spiro atoms. The largest absolute Gasteiger partial charge is 0.508 e. The number of ether oxygens (including phenoxy) is 1. The minimum atomic E-state index is -3.80. The maximum atomic E-state index is 12.7. The van der Waals surface area contributed by atoms with E-state index in [1.807, 2.05) is 0 Å². The minimum Gasteiger partial charge on any atom is -0.508 e. The van der Waals surface area contributed by atoms with Crippen molar-refractivity contribution in [3.05, 3.63) is 97.1 Å². The Kier molecular flexibility index (Phi) is 5.84. The van der Waals surface area contributed by atoms with Crippen LogP contribution >= 0.6 is 0 Å². The summed E-state index contributed by atoms with van der Waals surface area (Å²) in [6, 6.07) is 22.3. The lowest BCUT2D eigenvalue weighted by Crippen LogP contribution is -2.02. The summed E-state index contributed by atoms with van der Waals surface area (Å²) in [4.78, 5) is 0.0143. The zero-order valence-corrected chi connectivity index (χ0v) is 18.6. The van der Waals surface area contributed by atoms with E-state index in [-0.39, 0.29) is 31.1 Å². The molecule has 0 aromatic heterocycles. The van der Waals surface area contributed by atoms with E-state index in [1.54, 1.807) is 0 Å². The van der Waals surface area contributed by atoms with E-state index in [0.717, 1.165) is 0 Å². The van der Waals surface area contributed by atoms with Crippen molar-refractivity contribution in [1.82, 2.24) is 0 Å². The van der Waals surface area contributed by atoms with E-state index in [1.165, 1.54) is 97.1 Å². The van der Waals surface area contributed by atoms with Gasteiger partial charge in [-0.15, -0.1) is 0 Å². The van der Waals surface area contributed by atoms with Crippen LogP contribution in [0, 0.1) is 0 Å². The lowest BCUT2D eigenvalue weighted by molar-refractivity contribution is 0.472. The van der Waals surface area contributed by atoms with Gasteiger partial charge in [0.1, 0.15) is 23.0 Å². The third kappa shape index (κ3) is 4.69. The lowest BCUT2D eigenvalue weighted by Gasteiger charge is -2.09. The first kappa shape index (κ1) is 22.4.